The van der Waals surface area contributed by atoms with Crippen molar-refractivity contribution in [2.75, 3.05) is 13.2 Å². The first kappa shape index (κ1) is 16.8. The average Bonchev–Trinajstić information content (AvgIpc) is 3.13. The number of hydrogen-bond acceptors (Lipinski definition) is 5. The van der Waals surface area contributed by atoms with Gasteiger partial charge in [-0.2, -0.15) is 0 Å². The van der Waals surface area contributed by atoms with E-state index in [1.54, 1.807) is 24.3 Å². The summed E-state index contributed by atoms with van der Waals surface area (Å²) < 4.78 is 16.2. The highest BCUT2D eigenvalue weighted by molar-refractivity contribution is 6.06. The summed E-state index contributed by atoms with van der Waals surface area (Å²) in [4.78, 5) is 16.8. The molecule has 0 N–H and O–H groups in total. The van der Waals surface area contributed by atoms with Crippen LogP contribution in [0.1, 0.15) is 30.1 Å². The maximum atomic E-state index is 12.5. The van der Waals surface area contributed by atoms with Crippen LogP contribution in [0, 0.1) is 0 Å². The van der Waals surface area contributed by atoms with Gasteiger partial charge in [0.25, 0.3) is 5.89 Å². The van der Waals surface area contributed by atoms with Crippen molar-refractivity contribution in [3.05, 3.63) is 66.2 Å². The van der Waals surface area contributed by atoms with Crippen LogP contribution in [-0.4, -0.2) is 24.0 Å². The third-order valence-electron chi connectivity index (χ3n) is 3.59. The van der Waals surface area contributed by atoms with Crippen LogP contribution in [0.2, 0.25) is 0 Å². The molecule has 3 aromatic rings. The van der Waals surface area contributed by atoms with Gasteiger partial charge in [-0.1, -0.05) is 0 Å². The van der Waals surface area contributed by atoms with Crippen molar-refractivity contribution >= 4 is 5.78 Å². The second-order valence-corrected chi connectivity index (χ2v) is 5.28. The Balaban J connectivity index is 1.77. The van der Waals surface area contributed by atoms with Gasteiger partial charge in [-0.25, -0.2) is 4.98 Å². The summed E-state index contributed by atoms with van der Waals surface area (Å²) in [6.45, 7) is 5.04. The minimum absolute atomic E-state index is 0.0630. The van der Waals surface area contributed by atoms with Gasteiger partial charge in [0.05, 0.1) is 13.2 Å². The van der Waals surface area contributed by atoms with Crippen molar-refractivity contribution < 1.29 is 18.7 Å². The minimum atomic E-state index is -0.264. The highest BCUT2D eigenvalue weighted by Crippen LogP contribution is 2.23. The Bertz CT molecular complexity index is 835. The van der Waals surface area contributed by atoms with Crippen molar-refractivity contribution in [2.24, 2.45) is 0 Å². The van der Waals surface area contributed by atoms with Gasteiger partial charge in [-0.05, 0) is 62.4 Å². The summed E-state index contributed by atoms with van der Waals surface area (Å²) in [6, 6.07) is 14.4. The smallest absolute Gasteiger partial charge is 0.268 e. The molecule has 0 unspecified atom stereocenters. The van der Waals surface area contributed by atoms with Crippen LogP contribution >= 0.6 is 0 Å². The SMILES string of the molecule is CCOc1ccc(C(=O)c2nc(-c3ccc(OCC)cc3)co2)cc1. The number of benzene rings is 2. The van der Waals surface area contributed by atoms with E-state index in [1.165, 1.54) is 6.26 Å². The summed E-state index contributed by atoms with van der Waals surface area (Å²) in [5, 5.41) is 0. The molecule has 0 atom stereocenters. The van der Waals surface area contributed by atoms with Crippen LogP contribution in [0.25, 0.3) is 11.3 Å². The molecule has 0 aliphatic rings. The van der Waals surface area contributed by atoms with Crippen molar-refractivity contribution in [2.45, 2.75) is 13.8 Å². The zero-order chi connectivity index (χ0) is 17.6. The Morgan fingerprint density at radius 1 is 0.920 bits per heavy atom. The maximum absolute atomic E-state index is 12.5. The third-order valence-corrected chi connectivity index (χ3v) is 3.59. The Kier molecular flexibility index (Phi) is 5.14. The van der Waals surface area contributed by atoms with E-state index in [-0.39, 0.29) is 11.7 Å². The molecule has 128 valence electrons. The van der Waals surface area contributed by atoms with E-state index in [2.05, 4.69) is 4.98 Å². The van der Waals surface area contributed by atoms with Crippen LogP contribution in [-0.2, 0) is 0 Å². The normalized spacial score (nSPS) is 10.5. The fraction of sp³-hybridized carbons (Fsp3) is 0.200. The number of aromatic nitrogens is 1. The quantitative estimate of drug-likeness (QED) is 0.599. The fourth-order valence-electron chi connectivity index (χ4n) is 2.39. The maximum Gasteiger partial charge on any atom is 0.268 e. The average molecular weight is 337 g/mol. The summed E-state index contributed by atoms with van der Waals surface area (Å²) >= 11 is 0. The van der Waals surface area contributed by atoms with Gasteiger partial charge < -0.3 is 13.9 Å². The summed E-state index contributed by atoms with van der Waals surface area (Å²) in [7, 11) is 0. The number of nitrogens with zero attached hydrogens (tertiary/aromatic N) is 1. The molecule has 3 rings (SSSR count). The minimum Gasteiger partial charge on any atom is -0.494 e. The predicted molar refractivity (Wildman–Crippen MR) is 94.2 cm³/mol. The Morgan fingerprint density at radius 2 is 1.48 bits per heavy atom. The van der Waals surface area contributed by atoms with Gasteiger partial charge in [-0.3, -0.25) is 4.79 Å². The predicted octanol–water partition coefficient (Wildman–Crippen LogP) is 4.37. The van der Waals surface area contributed by atoms with Crippen molar-refractivity contribution in [3.63, 3.8) is 0 Å². The van der Waals surface area contributed by atoms with E-state index < -0.39 is 0 Å². The molecule has 5 nitrogen and oxygen atoms in total. The molecule has 1 aromatic heterocycles. The van der Waals surface area contributed by atoms with E-state index in [1.807, 2.05) is 38.1 Å². The summed E-state index contributed by atoms with van der Waals surface area (Å²) in [6.07, 6.45) is 1.48. The van der Waals surface area contributed by atoms with E-state index in [0.717, 1.165) is 17.1 Å². The zero-order valence-corrected chi connectivity index (χ0v) is 14.2. The van der Waals surface area contributed by atoms with Crippen molar-refractivity contribution in [3.8, 4) is 22.8 Å². The second-order valence-electron chi connectivity index (χ2n) is 5.28. The molecule has 0 aliphatic heterocycles. The standard InChI is InChI=1S/C20H19NO4/c1-3-23-16-9-5-14(6-10-16)18-13-25-20(21-18)19(22)15-7-11-17(12-8-15)24-4-2/h5-13H,3-4H2,1-2H3. The van der Waals surface area contributed by atoms with Gasteiger partial charge in [-0.15, -0.1) is 0 Å². The molecule has 1 heterocycles. The molecular weight excluding hydrogens is 318 g/mol. The zero-order valence-electron chi connectivity index (χ0n) is 14.2. The van der Waals surface area contributed by atoms with E-state index in [4.69, 9.17) is 13.9 Å². The number of ether oxygens (including phenoxy) is 2. The van der Waals surface area contributed by atoms with Crippen LogP contribution in [0.15, 0.2) is 59.2 Å². The van der Waals surface area contributed by atoms with Gasteiger partial charge >= 0.3 is 0 Å². The summed E-state index contributed by atoms with van der Waals surface area (Å²) in [5.41, 5.74) is 1.97. The molecule has 0 radical (unpaired) electrons. The molecule has 0 amide bonds. The lowest BCUT2D eigenvalue weighted by Gasteiger charge is -2.03. The molecule has 0 spiro atoms. The third kappa shape index (κ3) is 3.88. The highest BCUT2D eigenvalue weighted by atomic mass is 16.5. The number of ketones is 1. The molecule has 0 saturated carbocycles. The molecule has 0 fully saturated rings. The molecule has 2 aromatic carbocycles. The Labute approximate surface area is 146 Å². The largest absolute Gasteiger partial charge is 0.494 e. The molecule has 25 heavy (non-hydrogen) atoms. The number of hydrogen-bond donors (Lipinski definition) is 0. The Hall–Kier alpha value is -3.08. The summed E-state index contributed by atoms with van der Waals surface area (Å²) in [5.74, 6) is 1.32. The van der Waals surface area contributed by atoms with Gasteiger partial charge in [0.15, 0.2) is 0 Å². The monoisotopic (exact) mass is 337 g/mol. The van der Waals surface area contributed by atoms with Crippen molar-refractivity contribution in [1.29, 1.82) is 0 Å². The van der Waals surface area contributed by atoms with Crippen LogP contribution < -0.4 is 9.47 Å². The lowest BCUT2D eigenvalue weighted by molar-refractivity contribution is 0.100. The fourth-order valence-corrected chi connectivity index (χ4v) is 2.39. The first-order valence-corrected chi connectivity index (χ1v) is 8.17. The number of carbonyl (C=O) groups is 1. The van der Waals surface area contributed by atoms with Gasteiger partial charge in [0.1, 0.15) is 23.5 Å². The van der Waals surface area contributed by atoms with Gasteiger partial charge in [0, 0.05) is 11.1 Å². The van der Waals surface area contributed by atoms with E-state index in [0.29, 0.717) is 24.5 Å². The van der Waals surface area contributed by atoms with Crippen molar-refractivity contribution in [1.82, 2.24) is 4.98 Å². The van der Waals surface area contributed by atoms with Crippen LogP contribution in [0.5, 0.6) is 11.5 Å². The number of rotatable bonds is 7. The first-order chi connectivity index (χ1) is 12.2. The van der Waals surface area contributed by atoms with E-state index in [9.17, 15) is 4.79 Å². The highest BCUT2D eigenvalue weighted by Gasteiger charge is 2.16. The lowest BCUT2D eigenvalue weighted by atomic mass is 10.1. The molecule has 0 saturated heterocycles. The van der Waals surface area contributed by atoms with Gasteiger partial charge in [0.2, 0.25) is 5.78 Å². The second kappa shape index (κ2) is 7.66. The topological polar surface area (TPSA) is 61.6 Å². The van der Waals surface area contributed by atoms with Crippen LogP contribution in [0.4, 0.5) is 0 Å². The molecule has 0 aliphatic carbocycles. The van der Waals surface area contributed by atoms with E-state index >= 15 is 0 Å². The molecular formula is C20H19NO4. The first-order valence-electron chi connectivity index (χ1n) is 8.17. The Morgan fingerprint density at radius 3 is 2.04 bits per heavy atom. The number of oxazole rings is 1. The van der Waals surface area contributed by atoms with Crippen LogP contribution in [0.3, 0.4) is 0 Å². The lowest BCUT2D eigenvalue weighted by Crippen LogP contribution is -2.02. The molecule has 0 bridgehead atoms. The number of carbonyl (C=O) groups excluding carboxylic acids is 1. The molecule has 5 heteroatoms.